The van der Waals surface area contributed by atoms with E-state index in [4.69, 9.17) is 21.4 Å². The topological polar surface area (TPSA) is 55.2 Å². The lowest BCUT2D eigenvalue weighted by Gasteiger charge is -2.01. The van der Waals surface area contributed by atoms with Gasteiger partial charge < -0.3 is 9.84 Å². The van der Waals surface area contributed by atoms with Gasteiger partial charge in [-0.1, -0.05) is 11.6 Å². The van der Waals surface area contributed by atoms with Crippen molar-refractivity contribution in [2.45, 2.75) is 0 Å². The molecule has 11 heavy (non-hydrogen) atoms. The molecule has 0 atom stereocenters. The molecule has 60 valence electrons. The predicted molar refractivity (Wildman–Crippen MR) is 39.6 cm³/mol. The third kappa shape index (κ3) is 2.32. The molecule has 0 aliphatic heterocycles. The van der Waals surface area contributed by atoms with E-state index in [-0.39, 0.29) is 24.2 Å². The predicted octanol–water partition coefficient (Wildman–Crippen LogP) is 0.501. The maximum absolute atomic E-state index is 8.40. The number of halogens is 1. The second-order valence-corrected chi connectivity index (χ2v) is 2.08. The zero-order chi connectivity index (χ0) is 8.10. The van der Waals surface area contributed by atoms with Gasteiger partial charge in [0.05, 0.1) is 6.61 Å². The number of aromatic nitrogens is 2. The summed E-state index contributed by atoms with van der Waals surface area (Å²) in [7, 11) is 0. The Labute approximate surface area is 68.8 Å². The van der Waals surface area contributed by atoms with Crippen molar-refractivity contribution in [1.29, 1.82) is 0 Å². The minimum absolute atomic E-state index is 0.0626. The fourth-order valence-electron chi connectivity index (χ4n) is 0.547. The first-order valence-electron chi connectivity index (χ1n) is 3.04. The van der Waals surface area contributed by atoms with Gasteiger partial charge >= 0.3 is 0 Å². The van der Waals surface area contributed by atoms with Gasteiger partial charge in [-0.15, -0.1) is 0 Å². The number of nitrogens with zero attached hydrogens (tertiary/aromatic N) is 2. The van der Waals surface area contributed by atoms with E-state index in [1.807, 2.05) is 0 Å². The molecule has 0 aliphatic rings. The second-order valence-electron chi connectivity index (χ2n) is 1.72. The van der Waals surface area contributed by atoms with Crippen LogP contribution in [-0.4, -0.2) is 28.3 Å². The summed E-state index contributed by atoms with van der Waals surface area (Å²) in [5, 5.41) is 8.61. The highest BCUT2D eigenvalue weighted by Crippen LogP contribution is 2.16. The molecule has 1 aromatic rings. The van der Waals surface area contributed by atoms with Crippen LogP contribution < -0.4 is 4.74 Å². The molecule has 1 N–H and O–H groups in total. The van der Waals surface area contributed by atoms with E-state index in [9.17, 15) is 0 Å². The van der Waals surface area contributed by atoms with Crippen molar-refractivity contribution < 1.29 is 9.84 Å². The summed E-state index contributed by atoms with van der Waals surface area (Å²) in [4.78, 5) is 7.52. The smallest absolute Gasteiger partial charge is 0.252 e. The fourth-order valence-corrected chi connectivity index (χ4v) is 0.707. The summed E-state index contributed by atoms with van der Waals surface area (Å²) in [6.07, 6.45) is 2.94. The molecule has 0 aromatic carbocycles. The number of rotatable bonds is 3. The zero-order valence-electron chi connectivity index (χ0n) is 5.70. The Bertz CT molecular complexity index is 232. The second kappa shape index (κ2) is 4.10. The molecule has 0 saturated heterocycles. The summed E-state index contributed by atoms with van der Waals surface area (Å²) in [6, 6.07) is 0. The molecule has 1 rings (SSSR count). The zero-order valence-corrected chi connectivity index (χ0v) is 6.45. The first-order chi connectivity index (χ1) is 5.34. The summed E-state index contributed by atoms with van der Waals surface area (Å²) < 4.78 is 4.93. The fraction of sp³-hybridized carbons (Fsp3) is 0.333. The lowest BCUT2D eigenvalue weighted by atomic mass is 10.7. The van der Waals surface area contributed by atoms with Gasteiger partial charge in [0, 0.05) is 12.4 Å². The molecule has 0 saturated carbocycles. The molecule has 5 heteroatoms. The Morgan fingerprint density at radius 2 is 2.18 bits per heavy atom. The molecule has 0 fully saturated rings. The summed E-state index contributed by atoms with van der Waals surface area (Å²) in [6.45, 7) is 0.116. The van der Waals surface area contributed by atoms with Gasteiger partial charge in [-0.3, -0.25) is 0 Å². The van der Waals surface area contributed by atoms with Crippen LogP contribution in [0.3, 0.4) is 0 Å². The van der Waals surface area contributed by atoms with Crippen LogP contribution >= 0.6 is 11.6 Å². The highest BCUT2D eigenvalue weighted by atomic mass is 35.5. The van der Waals surface area contributed by atoms with Gasteiger partial charge in [-0.05, 0) is 0 Å². The van der Waals surface area contributed by atoms with Gasteiger partial charge in [0.2, 0.25) is 0 Å². The first kappa shape index (κ1) is 8.23. The maximum Gasteiger partial charge on any atom is 0.252 e. The molecular weight excluding hydrogens is 168 g/mol. The monoisotopic (exact) mass is 174 g/mol. The highest BCUT2D eigenvalue weighted by molar-refractivity contribution is 6.30. The van der Waals surface area contributed by atoms with Gasteiger partial charge in [0.1, 0.15) is 6.61 Å². The van der Waals surface area contributed by atoms with Gasteiger partial charge in [0.15, 0.2) is 5.15 Å². The van der Waals surface area contributed by atoms with Crippen molar-refractivity contribution in [3.63, 3.8) is 0 Å². The number of aliphatic hydroxyl groups excluding tert-OH is 1. The van der Waals surface area contributed by atoms with Crippen LogP contribution in [0, 0.1) is 0 Å². The SMILES string of the molecule is OCCOc1nccnc1Cl. The van der Waals surface area contributed by atoms with Gasteiger partial charge in [0.25, 0.3) is 5.88 Å². The van der Waals surface area contributed by atoms with Crippen molar-refractivity contribution in [1.82, 2.24) is 9.97 Å². The van der Waals surface area contributed by atoms with Gasteiger partial charge in [-0.2, -0.15) is 0 Å². The Balaban J connectivity index is 2.62. The van der Waals surface area contributed by atoms with E-state index in [1.54, 1.807) is 0 Å². The third-order valence-corrected chi connectivity index (χ3v) is 1.21. The molecule has 1 aromatic heterocycles. The number of hydrogen-bond acceptors (Lipinski definition) is 4. The van der Waals surface area contributed by atoms with Crippen LogP contribution in [0.4, 0.5) is 0 Å². The minimum Gasteiger partial charge on any atom is -0.473 e. The number of aliphatic hydroxyl groups is 1. The molecule has 0 bridgehead atoms. The Kier molecular flexibility index (Phi) is 3.07. The lowest BCUT2D eigenvalue weighted by Crippen LogP contribution is -2.03. The van der Waals surface area contributed by atoms with E-state index in [2.05, 4.69) is 9.97 Å². The molecule has 4 nitrogen and oxygen atoms in total. The normalized spacial score (nSPS) is 9.64. The molecule has 0 aliphatic carbocycles. The molecule has 0 amide bonds. The van der Waals surface area contributed by atoms with Crippen molar-refractivity contribution in [3.05, 3.63) is 17.5 Å². The van der Waals surface area contributed by atoms with Crippen LogP contribution in [0.1, 0.15) is 0 Å². The van der Waals surface area contributed by atoms with Gasteiger partial charge in [-0.25, -0.2) is 9.97 Å². The lowest BCUT2D eigenvalue weighted by molar-refractivity contribution is 0.196. The van der Waals surface area contributed by atoms with E-state index in [1.165, 1.54) is 12.4 Å². The standard InChI is InChI=1S/C6H7ClN2O2/c7-5-6(11-4-3-10)9-2-1-8-5/h1-2,10H,3-4H2. The largest absolute Gasteiger partial charge is 0.473 e. The van der Waals surface area contributed by atoms with Crippen LogP contribution in [0.25, 0.3) is 0 Å². The molecule has 0 radical (unpaired) electrons. The quantitative estimate of drug-likeness (QED) is 0.725. The van der Waals surface area contributed by atoms with E-state index >= 15 is 0 Å². The summed E-state index contributed by atoms with van der Waals surface area (Å²) in [5.74, 6) is 0.253. The van der Waals surface area contributed by atoms with Crippen LogP contribution in [0.15, 0.2) is 12.4 Å². The first-order valence-corrected chi connectivity index (χ1v) is 3.42. The summed E-state index contributed by atoms with van der Waals surface area (Å²) >= 11 is 5.58. The van der Waals surface area contributed by atoms with E-state index in [0.717, 1.165) is 0 Å². The van der Waals surface area contributed by atoms with Crippen molar-refractivity contribution in [2.75, 3.05) is 13.2 Å². The highest BCUT2D eigenvalue weighted by Gasteiger charge is 2.00. The van der Waals surface area contributed by atoms with Crippen molar-refractivity contribution in [2.24, 2.45) is 0 Å². The average molecular weight is 175 g/mol. The van der Waals surface area contributed by atoms with Crippen molar-refractivity contribution in [3.8, 4) is 5.88 Å². The molecule has 0 spiro atoms. The van der Waals surface area contributed by atoms with Crippen LogP contribution in [-0.2, 0) is 0 Å². The molecular formula is C6H7ClN2O2. The number of ether oxygens (including phenoxy) is 1. The number of hydrogen-bond donors (Lipinski definition) is 1. The van der Waals surface area contributed by atoms with E-state index in [0.29, 0.717) is 0 Å². The molecule has 1 heterocycles. The Morgan fingerprint density at radius 3 is 2.82 bits per heavy atom. The Hall–Kier alpha value is -0.870. The van der Waals surface area contributed by atoms with E-state index < -0.39 is 0 Å². The van der Waals surface area contributed by atoms with Crippen LogP contribution in [0.2, 0.25) is 5.15 Å². The van der Waals surface area contributed by atoms with Crippen molar-refractivity contribution >= 4 is 11.6 Å². The third-order valence-electron chi connectivity index (χ3n) is 0.953. The van der Waals surface area contributed by atoms with Crippen LogP contribution in [0.5, 0.6) is 5.88 Å². The minimum atomic E-state index is -0.0626. The maximum atomic E-state index is 8.40. The molecule has 0 unspecified atom stereocenters. The Morgan fingerprint density at radius 1 is 1.45 bits per heavy atom. The average Bonchev–Trinajstić information content (AvgIpc) is 2.03. The summed E-state index contributed by atoms with van der Waals surface area (Å²) in [5.41, 5.74) is 0.